The Hall–Kier alpha value is -0.900. The molecule has 0 aliphatic heterocycles. The third-order valence-corrected chi connectivity index (χ3v) is 4.18. The van der Waals surface area contributed by atoms with Gasteiger partial charge in [-0.2, -0.15) is 0 Å². The largest absolute Gasteiger partial charge is 0.316 e. The van der Waals surface area contributed by atoms with Crippen molar-refractivity contribution in [2.75, 3.05) is 13.1 Å². The molecular weight excluding hydrogens is 276 g/mol. The summed E-state index contributed by atoms with van der Waals surface area (Å²) in [6.07, 6.45) is 0.971. The Morgan fingerprint density at radius 2 is 2.05 bits per heavy atom. The van der Waals surface area contributed by atoms with Crippen LogP contribution in [0.15, 0.2) is 29.6 Å². The lowest BCUT2D eigenvalue weighted by atomic mass is 9.94. The molecule has 1 aromatic heterocycles. The summed E-state index contributed by atoms with van der Waals surface area (Å²) in [6.45, 7) is 6.14. The topological polar surface area (TPSA) is 24.9 Å². The van der Waals surface area contributed by atoms with Crippen molar-refractivity contribution in [3.05, 3.63) is 50.9 Å². The number of nitrogens with one attached hydrogen (secondary N) is 1. The highest BCUT2D eigenvalue weighted by atomic mass is 35.5. The molecule has 1 aromatic carbocycles. The summed E-state index contributed by atoms with van der Waals surface area (Å²) in [5, 5.41) is 7.51. The lowest BCUT2D eigenvalue weighted by Crippen LogP contribution is -2.22. The average Bonchev–Trinajstić information content (AvgIpc) is 2.81. The molecule has 0 saturated carbocycles. The van der Waals surface area contributed by atoms with Crippen LogP contribution in [0.5, 0.6) is 0 Å². The van der Waals surface area contributed by atoms with Gasteiger partial charge in [-0.3, -0.25) is 0 Å². The van der Waals surface area contributed by atoms with E-state index in [0.29, 0.717) is 5.92 Å². The van der Waals surface area contributed by atoms with Crippen molar-refractivity contribution in [1.82, 2.24) is 10.3 Å². The van der Waals surface area contributed by atoms with E-state index in [4.69, 9.17) is 11.6 Å². The number of likely N-dealkylation sites (N-methyl/N-ethyl adjacent to an activating group) is 1. The number of aromatic nitrogens is 1. The van der Waals surface area contributed by atoms with E-state index in [1.54, 1.807) is 11.3 Å². The van der Waals surface area contributed by atoms with Gasteiger partial charge in [0.15, 0.2) is 0 Å². The van der Waals surface area contributed by atoms with Crippen LogP contribution in [0.4, 0.5) is 0 Å². The van der Waals surface area contributed by atoms with E-state index in [9.17, 15) is 0 Å². The van der Waals surface area contributed by atoms with E-state index in [-0.39, 0.29) is 0 Å². The maximum absolute atomic E-state index is 5.96. The molecule has 1 unspecified atom stereocenters. The number of hydrogen-bond donors (Lipinski definition) is 1. The number of aryl methyl sites for hydroxylation is 1. The highest BCUT2D eigenvalue weighted by Gasteiger charge is 2.13. The van der Waals surface area contributed by atoms with Gasteiger partial charge >= 0.3 is 0 Å². The second kappa shape index (κ2) is 7.04. The fourth-order valence-electron chi connectivity index (χ4n) is 2.12. The Labute approximate surface area is 123 Å². The van der Waals surface area contributed by atoms with Gasteiger partial charge in [0.2, 0.25) is 0 Å². The van der Waals surface area contributed by atoms with Gasteiger partial charge in [0.25, 0.3) is 0 Å². The molecule has 0 aliphatic carbocycles. The number of rotatable bonds is 6. The minimum atomic E-state index is 0.443. The summed E-state index contributed by atoms with van der Waals surface area (Å²) in [6, 6.07) is 8.15. The second-order valence-electron chi connectivity index (χ2n) is 4.62. The monoisotopic (exact) mass is 294 g/mol. The van der Waals surface area contributed by atoms with Crippen LogP contribution in [0.3, 0.4) is 0 Å². The molecule has 102 valence electrons. The molecule has 0 amide bonds. The molecule has 0 saturated heterocycles. The number of benzene rings is 1. The molecular formula is C15H19ClN2S. The number of nitrogens with zero attached hydrogens (tertiary/aromatic N) is 1. The fraction of sp³-hybridized carbons (Fsp3) is 0.400. The Bertz CT molecular complexity index is 507. The molecule has 0 aliphatic rings. The lowest BCUT2D eigenvalue weighted by Gasteiger charge is -2.17. The van der Waals surface area contributed by atoms with Crippen molar-refractivity contribution in [3.63, 3.8) is 0 Å². The first-order chi connectivity index (χ1) is 9.19. The van der Waals surface area contributed by atoms with Gasteiger partial charge in [0.1, 0.15) is 0 Å². The van der Waals surface area contributed by atoms with Crippen LogP contribution in [0.1, 0.15) is 29.1 Å². The number of hydrogen-bond acceptors (Lipinski definition) is 3. The molecule has 2 rings (SSSR count). The summed E-state index contributed by atoms with van der Waals surface area (Å²) in [4.78, 5) is 4.57. The maximum atomic E-state index is 5.96. The highest BCUT2D eigenvalue weighted by Crippen LogP contribution is 2.23. The highest BCUT2D eigenvalue weighted by molar-refractivity contribution is 7.09. The minimum Gasteiger partial charge on any atom is -0.316 e. The summed E-state index contributed by atoms with van der Waals surface area (Å²) in [5.41, 5.74) is 2.50. The predicted octanol–water partition coefficient (Wildman–Crippen LogP) is 4.04. The van der Waals surface area contributed by atoms with Crippen molar-refractivity contribution in [2.45, 2.75) is 26.2 Å². The quantitative estimate of drug-likeness (QED) is 0.870. The van der Waals surface area contributed by atoms with Gasteiger partial charge in [-0.25, -0.2) is 4.98 Å². The van der Waals surface area contributed by atoms with Gasteiger partial charge in [-0.15, -0.1) is 11.3 Å². The van der Waals surface area contributed by atoms with Crippen molar-refractivity contribution in [2.24, 2.45) is 0 Å². The molecule has 2 aromatic rings. The van der Waals surface area contributed by atoms with Crippen LogP contribution in [-0.2, 0) is 6.42 Å². The van der Waals surface area contributed by atoms with Crippen LogP contribution in [-0.4, -0.2) is 18.1 Å². The summed E-state index contributed by atoms with van der Waals surface area (Å²) in [7, 11) is 0. The second-order valence-corrected chi connectivity index (χ2v) is 6.12. The van der Waals surface area contributed by atoms with Gasteiger partial charge in [0.05, 0.1) is 10.7 Å². The zero-order chi connectivity index (χ0) is 13.7. The number of halogens is 1. The van der Waals surface area contributed by atoms with Crippen LogP contribution in [0.2, 0.25) is 5.02 Å². The van der Waals surface area contributed by atoms with Crippen molar-refractivity contribution in [3.8, 4) is 0 Å². The molecule has 19 heavy (non-hydrogen) atoms. The first kappa shape index (κ1) is 14.5. The van der Waals surface area contributed by atoms with Gasteiger partial charge in [0, 0.05) is 22.9 Å². The standard InChI is InChI=1S/C15H19ClN2S/c1-3-17-9-13(8-15-10-19-11(2)18-15)12-4-6-14(16)7-5-12/h4-7,10,13,17H,3,8-9H2,1-2H3. The molecule has 0 fully saturated rings. The average molecular weight is 295 g/mol. The van der Waals surface area contributed by atoms with Crippen LogP contribution >= 0.6 is 22.9 Å². The Morgan fingerprint density at radius 1 is 1.32 bits per heavy atom. The minimum absolute atomic E-state index is 0.443. The lowest BCUT2D eigenvalue weighted by molar-refractivity contribution is 0.590. The third-order valence-electron chi connectivity index (χ3n) is 3.10. The Balaban J connectivity index is 2.13. The SMILES string of the molecule is CCNCC(Cc1csc(C)n1)c1ccc(Cl)cc1. The third kappa shape index (κ3) is 4.30. The van der Waals surface area contributed by atoms with E-state index >= 15 is 0 Å². The molecule has 0 bridgehead atoms. The van der Waals surface area contributed by atoms with Crippen molar-refractivity contribution < 1.29 is 0 Å². The van der Waals surface area contributed by atoms with Crippen LogP contribution in [0.25, 0.3) is 0 Å². The molecule has 1 heterocycles. The van der Waals surface area contributed by atoms with E-state index < -0.39 is 0 Å². The number of thiazole rings is 1. The van der Waals surface area contributed by atoms with E-state index in [2.05, 4.69) is 41.7 Å². The van der Waals surface area contributed by atoms with Gasteiger partial charge in [-0.1, -0.05) is 30.7 Å². The molecule has 1 N–H and O–H groups in total. The van der Waals surface area contributed by atoms with E-state index in [1.165, 1.54) is 11.3 Å². The molecule has 1 atom stereocenters. The Morgan fingerprint density at radius 3 is 2.63 bits per heavy atom. The van der Waals surface area contributed by atoms with Crippen LogP contribution < -0.4 is 5.32 Å². The van der Waals surface area contributed by atoms with Crippen molar-refractivity contribution >= 4 is 22.9 Å². The Kier molecular flexibility index (Phi) is 5.37. The fourth-order valence-corrected chi connectivity index (χ4v) is 2.87. The smallest absolute Gasteiger partial charge is 0.0897 e. The van der Waals surface area contributed by atoms with Gasteiger partial charge < -0.3 is 5.32 Å². The normalized spacial score (nSPS) is 12.6. The van der Waals surface area contributed by atoms with E-state index in [1.807, 2.05) is 12.1 Å². The summed E-state index contributed by atoms with van der Waals surface area (Å²) in [5.74, 6) is 0.443. The first-order valence-electron chi connectivity index (χ1n) is 6.56. The van der Waals surface area contributed by atoms with Crippen LogP contribution in [0, 0.1) is 6.92 Å². The van der Waals surface area contributed by atoms with E-state index in [0.717, 1.165) is 29.5 Å². The van der Waals surface area contributed by atoms with Gasteiger partial charge in [-0.05, 0) is 37.6 Å². The molecule has 0 radical (unpaired) electrons. The molecule has 2 nitrogen and oxygen atoms in total. The summed E-state index contributed by atoms with van der Waals surface area (Å²) < 4.78 is 0. The van der Waals surface area contributed by atoms with Crippen molar-refractivity contribution in [1.29, 1.82) is 0 Å². The zero-order valence-electron chi connectivity index (χ0n) is 11.3. The molecule has 0 spiro atoms. The first-order valence-corrected chi connectivity index (χ1v) is 7.82. The molecule has 4 heteroatoms. The predicted molar refractivity (Wildman–Crippen MR) is 83.3 cm³/mol. The zero-order valence-corrected chi connectivity index (χ0v) is 12.9. The maximum Gasteiger partial charge on any atom is 0.0897 e. The summed E-state index contributed by atoms with van der Waals surface area (Å²) >= 11 is 7.67.